The van der Waals surface area contributed by atoms with Crippen LogP contribution in [-0.4, -0.2) is 47.0 Å². The number of aromatic nitrogens is 2. The molecule has 0 radical (unpaired) electrons. The van der Waals surface area contributed by atoms with Gasteiger partial charge in [0.15, 0.2) is 5.82 Å². The predicted octanol–water partition coefficient (Wildman–Crippen LogP) is -0.166. The van der Waals surface area contributed by atoms with Gasteiger partial charge in [0.25, 0.3) is 5.91 Å². The van der Waals surface area contributed by atoms with Crippen LogP contribution in [-0.2, 0) is 0 Å². The van der Waals surface area contributed by atoms with E-state index in [4.69, 9.17) is 5.84 Å². The van der Waals surface area contributed by atoms with Crippen molar-refractivity contribution in [3.05, 3.63) is 18.1 Å². The van der Waals surface area contributed by atoms with Gasteiger partial charge in [-0.3, -0.25) is 4.79 Å². The number of hydrazine groups is 1. The quantitative estimate of drug-likeness (QED) is 0.505. The summed E-state index contributed by atoms with van der Waals surface area (Å²) in [6.07, 6.45) is 3.98. The van der Waals surface area contributed by atoms with Gasteiger partial charge in [-0.05, 0) is 25.4 Å². The number of likely N-dealkylation sites (tertiary alicyclic amines) is 1. The Labute approximate surface area is 112 Å². The molecule has 1 aromatic rings. The van der Waals surface area contributed by atoms with Crippen LogP contribution in [0, 0.1) is 5.92 Å². The largest absolute Gasteiger partial charge is 0.350 e. The molecule has 104 valence electrons. The minimum absolute atomic E-state index is 0.189. The maximum atomic E-state index is 11.9. The fourth-order valence-electron chi connectivity index (χ4n) is 2.21. The van der Waals surface area contributed by atoms with Crippen molar-refractivity contribution in [2.45, 2.75) is 13.3 Å². The van der Waals surface area contributed by atoms with Crippen molar-refractivity contribution in [2.24, 2.45) is 11.8 Å². The summed E-state index contributed by atoms with van der Waals surface area (Å²) in [6, 6.07) is 0. The molecule has 1 unspecified atom stereocenters. The third kappa shape index (κ3) is 3.62. The minimum atomic E-state index is -0.189. The topological polar surface area (TPSA) is 96.2 Å². The third-order valence-electron chi connectivity index (χ3n) is 3.40. The number of carbonyl (C=O) groups is 1. The monoisotopic (exact) mass is 264 g/mol. The number of nitrogen functional groups attached to an aromatic ring is 1. The number of carbonyl (C=O) groups excluding carboxylic acids is 1. The zero-order chi connectivity index (χ0) is 13.7. The molecular weight excluding hydrogens is 244 g/mol. The summed E-state index contributed by atoms with van der Waals surface area (Å²) in [4.78, 5) is 22.2. The van der Waals surface area contributed by atoms with Crippen LogP contribution < -0.4 is 16.6 Å². The molecule has 19 heavy (non-hydrogen) atoms. The number of nitrogens with two attached hydrogens (primary N) is 1. The van der Waals surface area contributed by atoms with E-state index in [1.807, 2.05) is 0 Å². The normalized spacial score (nSPS) is 19.4. The van der Waals surface area contributed by atoms with E-state index in [-0.39, 0.29) is 5.91 Å². The first-order valence-corrected chi connectivity index (χ1v) is 6.52. The molecular formula is C12H20N6O. The Morgan fingerprint density at radius 3 is 2.95 bits per heavy atom. The lowest BCUT2D eigenvalue weighted by Gasteiger charge is -2.13. The summed E-state index contributed by atoms with van der Waals surface area (Å²) < 4.78 is 0. The van der Waals surface area contributed by atoms with Crippen LogP contribution in [0.3, 0.4) is 0 Å². The molecule has 1 amide bonds. The van der Waals surface area contributed by atoms with E-state index >= 15 is 0 Å². The molecule has 0 bridgehead atoms. The highest BCUT2D eigenvalue weighted by Gasteiger charge is 2.21. The molecule has 2 rings (SSSR count). The number of hydrogen-bond acceptors (Lipinski definition) is 6. The molecule has 1 saturated heterocycles. The molecule has 4 N–H and O–H groups in total. The van der Waals surface area contributed by atoms with E-state index in [9.17, 15) is 4.79 Å². The third-order valence-corrected chi connectivity index (χ3v) is 3.40. The van der Waals surface area contributed by atoms with Crippen LogP contribution in [0.2, 0.25) is 0 Å². The van der Waals surface area contributed by atoms with Gasteiger partial charge in [-0.1, -0.05) is 6.92 Å². The van der Waals surface area contributed by atoms with Gasteiger partial charge in [0, 0.05) is 13.1 Å². The Bertz CT molecular complexity index is 421. The van der Waals surface area contributed by atoms with E-state index < -0.39 is 0 Å². The number of hydrogen-bond donors (Lipinski definition) is 3. The van der Waals surface area contributed by atoms with Crippen LogP contribution in [0.25, 0.3) is 0 Å². The Morgan fingerprint density at radius 2 is 2.37 bits per heavy atom. The minimum Gasteiger partial charge on any atom is -0.350 e. The zero-order valence-corrected chi connectivity index (χ0v) is 11.1. The SMILES string of the molecule is CCN1CCC(CNC(=O)c2cnc(NN)cn2)C1. The fourth-order valence-corrected chi connectivity index (χ4v) is 2.21. The van der Waals surface area contributed by atoms with Crippen molar-refractivity contribution in [3.8, 4) is 0 Å². The molecule has 0 spiro atoms. The molecule has 0 aliphatic carbocycles. The van der Waals surface area contributed by atoms with E-state index in [1.165, 1.54) is 12.4 Å². The Kier molecular flexibility index (Phi) is 4.64. The molecule has 2 heterocycles. The molecule has 1 aliphatic heterocycles. The lowest BCUT2D eigenvalue weighted by molar-refractivity contribution is 0.0942. The number of anilines is 1. The van der Waals surface area contributed by atoms with Crippen molar-refractivity contribution in [3.63, 3.8) is 0 Å². The van der Waals surface area contributed by atoms with Gasteiger partial charge in [0.2, 0.25) is 0 Å². The zero-order valence-electron chi connectivity index (χ0n) is 11.1. The van der Waals surface area contributed by atoms with Gasteiger partial charge in [0.05, 0.1) is 12.4 Å². The van der Waals surface area contributed by atoms with Gasteiger partial charge in [-0.2, -0.15) is 0 Å². The van der Waals surface area contributed by atoms with Crippen molar-refractivity contribution in [2.75, 3.05) is 31.6 Å². The van der Waals surface area contributed by atoms with Crippen molar-refractivity contribution < 1.29 is 4.79 Å². The van der Waals surface area contributed by atoms with Crippen LogP contribution >= 0.6 is 0 Å². The molecule has 1 aliphatic rings. The number of rotatable bonds is 5. The maximum Gasteiger partial charge on any atom is 0.271 e. The Morgan fingerprint density at radius 1 is 1.53 bits per heavy atom. The molecule has 1 aromatic heterocycles. The predicted molar refractivity (Wildman–Crippen MR) is 72.4 cm³/mol. The van der Waals surface area contributed by atoms with Crippen LogP contribution in [0.1, 0.15) is 23.8 Å². The van der Waals surface area contributed by atoms with Gasteiger partial charge in [-0.25, -0.2) is 15.8 Å². The number of nitrogens with one attached hydrogen (secondary N) is 2. The highest BCUT2D eigenvalue weighted by molar-refractivity contribution is 5.91. The molecule has 7 nitrogen and oxygen atoms in total. The molecule has 7 heteroatoms. The van der Waals surface area contributed by atoms with E-state index in [2.05, 4.69) is 32.5 Å². The molecule has 1 atom stereocenters. The first kappa shape index (κ1) is 13.7. The van der Waals surface area contributed by atoms with Crippen LogP contribution in [0.4, 0.5) is 5.82 Å². The number of nitrogens with zero attached hydrogens (tertiary/aromatic N) is 3. The lowest BCUT2D eigenvalue weighted by atomic mass is 10.1. The second kappa shape index (κ2) is 6.44. The second-order valence-corrected chi connectivity index (χ2v) is 4.69. The summed E-state index contributed by atoms with van der Waals surface area (Å²) in [5.41, 5.74) is 2.68. The summed E-state index contributed by atoms with van der Waals surface area (Å²) in [6.45, 7) is 6.09. The van der Waals surface area contributed by atoms with Gasteiger partial charge in [0.1, 0.15) is 5.69 Å². The van der Waals surface area contributed by atoms with E-state index in [0.29, 0.717) is 24.0 Å². The maximum absolute atomic E-state index is 11.9. The van der Waals surface area contributed by atoms with Crippen LogP contribution in [0.5, 0.6) is 0 Å². The highest BCUT2D eigenvalue weighted by atomic mass is 16.1. The van der Waals surface area contributed by atoms with Gasteiger partial charge < -0.3 is 15.6 Å². The van der Waals surface area contributed by atoms with Crippen molar-refractivity contribution in [1.29, 1.82) is 0 Å². The molecule has 0 saturated carbocycles. The highest BCUT2D eigenvalue weighted by Crippen LogP contribution is 2.14. The first-order chi connectivity index (χ1) is 9.22. The Balaban J connectivity index is 1.80. The molecule has 1 fully saturated rings. The van der Waals surface area contributed by atoms with Gasteiger partial charge in [-0.15, -0.1) is 0 Å². The summed E-state index contributed by atoms with van der Waals surface area (Å²) in [5, 5.41) is 2.90. The first-order valence-electron chi connectivity index (χ1n) is 6.52. The van der Waals surface area contributed by atoms with E-state index in [1.54, 1.807) is 0 Å². The molecule has 0 aromatic carbocycles. The van der Waals surface area contributed by atoms with Crippen LogP contribution in [0.15, 0.2) is 12.4 Å². The summed E-state index contributed by atoms with van der Waals surface area (Å²) in [7, 11) is 0. The standard InChI is InChI=1S/C12H20N6O/c1-2-18-4-3-9(8-18)5-16-12(19)10-6-15-11(17-13)7-14-10/h6-7,9H,2-5,8,13H2,1H3,(H,15,17)(H,16,19). The van der Waals surface area contributed by atoms with Crippen molar-refractivity contribution in [1.82, 2.24) is 20.2 Å². The average molecular weight is 264 g/mol. The fraction of sp³-hybridized carbons (Fsp3) is 0.583. The second-order valence-electron chi connectivity index (χ2n) is 4.69. The smallest absolute Gasteiger partial charge is 0.271 e. The Hall–Kier alpha value is -1.73. The average Bonchev–Trinajstić information content (AvgIpc) is 2.93. The lowest BCUT2D eigenvalue weighted by Crippen LogP contribution is -2.31. The van der Waals surface area contributed by atoms with Gasteiger partial charge >= 0.3 is 0 Å². The van der Waals surface area contributed by atoms with Crippen molar-refractivity contribution >= 4 is 11.7 Å². The summed E-state index contributed by atoms with van der Waals surface area (Å²) in [5.74, 6) is 5.96. The summed E-state index contributed by atoms with van der Waals surface area (Å²) >= 11 is 0. The van der Waals surface area contributed by atoms with E-state index in [0.717, 1.165) is 26.1 Å². The number of amides is 1.